The van der Waals surface area contributed by atoms with Crippen LogP contribution >= 0.6 is 0 Å². The molecule has 102 valence electrons. The quantitative estimate of drug-likeness (QED) is 0.866. The highest BCUT2D eigenvalue weighted by Crippen LogP contribution is 2.29. The molecule has 0 aliphatic heterocycles. The third-order valence-electron chi connectivity index (χ3n) is 3.04. The van der Waals surface area contributed by atoms with Gasteiger partial charge in [-0.15, -0.1) is 0 Å². The lowest BCUT2D eigenvalue weighted by Gasteiger charge is -2.19. The molecule has 0 fully saturated rings. The van der Waals surface area contributed by atoms with Gasteiger partial charge in [-0.3, -0.25) is 4.68 Å². The van der Waals surface area contributed by atoms with Gasteiger partial charge < -0.3 is 10.1 Å². The normalized spacial score (nSPS) is 12.4. The smallest absolute Gasteiger partial charge is 0.124 e. The highest BCUT2D eigenvalue weighted by Gasteiger charge is 2.17. The Morgan fingerprint density at radius 1 is 1.37 bits per heavy atom. The Morgan fingerprint density at radius 3 is 2.79 bits per heavy atom. The molecule has 1 N–H and O–H groups in total. The van der Waals surface area contributed by atoms with E-state index in [9.17, 15) is 0 Å². The molecular weight excluding hydrogens is 238 g/mol. The van der Waals surface area contributed by atoms with E-state index in [1.807, 2.05) is 49.4 Å². The van der Waals surface area contributed by atoms with Crippen molar-refractivity contribution in [2.75, 3.05) is 13.7 Å². The van der Waals surface area contributed by atoms with E-state index < -0.39 is 0 Å². The summed E-state index contributed by atoms with van der Waals surface area (Å²) in [6.45, 7) is 2.85. The number of ether oxygens (including phenoxy) is 1. The molecule has 1 heterocycles. The van der Waals surface area contributed by atoms with Crippen LogP contribution < -0.4 is 10.1 Å². The van der Waals surface area contributed by atoms with Crippen LogP contribution in [0.25, 0.3) is 0 Å². The first kappa shape index (κ1) is 13.6. The molecule has 0 spiro atoms. The van der Waals surface area contributed by atoms with Crippen LogP contribution in [0, 0.1) is 0 Å². The van der Waals surface area contributed by atoms with Crippen molar-refractivity contribution >= 4 is 0 Å². The molecule has 0 amide bonds. The highest BCUT2D eigenvalue weighted by molar-refractivity contribution is 5.40. The van der Waals surface area contributed by atoms with E-state index in [4.69, 9.17) is 4.74 Å². The Hall–Kier alpha value is -1.81. The molecule has 0 saturated heterocycles. The van der Waals surface area contributed by atoms with E-state index in [-0.39, 0.29) is 6.04 Å². The van der Waals surface area contributed by atoms with Crippen LogP contribution in [0.1, 0.15) is 30.5 Å². The van der Waals surface area contributed by atoms with Gasteiger partial charge in [-0.25, -0.2) is 0 Å². The predicted octanol–water partition coefficient (Wildman–Crippen LogP) is 2.52. The first-order valence-corrected chi connectivity index (χ1v) is 6.63. The monoisotopic (exact) mass is 259 g/mol. The van der Waals surface area contributed by atoms with Crippen LogP contribution in [0.4, 0.5) is 0 Å². The predicted molar refractivity (Wildman–Crippen MR) is 76.3 cm³/mol. The molecule has 2 aromatic rings. The molecular formula is C15H21N3O. The van der Waals surface area contributed by atoms with Gasteiger partial charge in [-0.2, -0.15) is 5.10 Å². The molecule has 1 aromatic carbocycles. The van der Waals surface area contributed by atoms with Gasteiger partial charge in [0.25, 0.3) is 0 Å². The van der Waals surface area contributed by atoms with E-state index in [0.29, 0.717) is 0 Å². The number of hydrogen-bond acceptors (Lipinski definition) is 3. The van der Waals surface area contributed by atoms with Crippen LogP contribution in [0.3, 0.4) is 0 Å². The Morgan fingerprint density at radius 2 is 2.16 bits per heavy atom. The number of aryl methyl sites for hydroxylation is 1. The average molecular weight is 259 g/mol. The van der Waals surface area contributed by atoms with Crippen molar-refractivity contribution in [2.24, 2.45) is 7.05 Å². The maximum atomic E-state index is 5.83. The molecule has 1 unspecified atom stereocenters. The molecule has 0 bridgehead atoms. The van der Waals surface area contributed by atoms with Crippen molar-refractivity contribution in [1.29, 1.82) is 0 Å². The van der Waals surface area contributed by atoms with E-state index in [1.54, 1.807) is 0 Å². The molecule has 1 aromatic heterocycles. The lowest BCUT2D eigenvalue weighted by atomic mass is 10.0. The van der Waals surface area contributed by atoms with Crippen molar-refractivity contribution in [3.63, 3.8) is 0 Å². The Labute approximate surface area is 114 Å². The van der Waals surface area contributed by atoms with E-state index in [1.165, 1.54) is 0 Å². The summed E-state index contributed by atoms with van der Waals surface area (Å²) in [4.78, 5) is 0. The second kappa shape index (κ2) is 6.38. The second-order valence-corrected chi connectivity index (χ2v) is 4.56. The van der Waals surface area contributed by atoms with Crippen LogP contribution in [-0.2, 0) is 7.05 Å². The van der Waals surface area contributed by atoms with Gasteiger partial charge in [0.1, 0.15) is 5.75 Å². The van der Waals surface area contributed by atoms with E-state index in [0.717, 1.165) is 29.9 Å². The summed E-state index contributed by atoms with van der Waals surface area (Å²) in [5, 5.41) is 7.57. The fourth-order valence-electron chi connectivity index (χ4n) is 2.15. The van der Waals surface area contributed by atoms with Crippen molar-refractivity contribution in [2.45, 2.75) is 19.4 Å². The number of nitrogens with one attached hydrogen (secondary N) is 1. The summed E-state index contributed by atoms with van der Waals surface area (Å²) in [7, 11) is 3.88. The van der Waals surface area contributed by atoms with Gasteiger partial charge in [-0.1, -0.05) is 25.1 Å². The molecule has 4 heteroatoms. The number of aromatic nitrogens is 2. The fourth-order valence-corrected chi connectivity index (χ4v) is 2.15. The topological polar surface area (TPSA) is 39.1 Å². The summed E-state index contributed by atoms with van der Waals surface area (Å²) >= 11 is 0. The van der Waals surface area contributed by atoms with E-state index in [2.05, 4.69) is 23.4 Å². The minimum Gasteiger partial charge on any atom is -0.493 e. The average Bonchev–Trinajstić information content (AvgIpc) is 2.85. The van der Waals surface area contributed by atoms with Crippen LogP contribution in [0.2, 0.25) is 0 Å². The van der Waals surface area contributed by atoms with Gasteiger partial charge in [0.15, 0.2) is 0 Å². The van der Waals surface area contributed by atoms with Crippen LogP contribution in [-0.4, -0.2) is 23.4 Å². The molecule has 19 heavy (non-hydrogen) atoms. The largest absolute Gasteiger partial charge is 0.493 e. The van der Waals surface area contributed by atoms with Crippen molar-refractivity contribution in [3.8, 4) is 5.75 Å². The minimum atomic E-state index is 0.0988. The molecule has 0 aliphatic carbocycles. The summed E-state index contributed by atoms with van der Waals surface area (Å²) in [6, 6.07) is 8.26. The molecule has 2 rings (SSSR count). The zero-order valence-electron chi connectivity index (χ0n) is 11.8. The number of para-hydroxylation sites is 1. The van der Waals surface area contributed by atoms with Gasteiger partial charge >= 0.3 is 0 Å². The number of nitrogens with zero attached hydrogens (tertiary/aromatic N) is 2. The summed E-state index contributed by atoms with van der Waals surface area (Å²) in [5.41, 5.74) is 2.28. The number of benzene rings is 1. The molecule has 4 nitrogen and oxygen atoms in total. The third kappa shape index (κ3) is 3.15. The number of hydrogen-bond donors (Lipinski definition) is 1. The highest BCUT2D eigenvalue weighted by atomic mass is 16.5. The Kier molecular flexibility index (Phi) is 4.58. The lowest BCUT2D eigenvalue weighted by Crippen LogP contribution is -2.18. The number of rotatable bonds is 6. The summed E-state index contributed by atoms with van der Waals surface area (Å²) < 4.78 is 7.64. The standard InChI is InChI=1S/C15H21N3O/c1-4-9-19-14-8-6-5-7-13(14)15(16-2)12-10-17-18(3)11-12/h5-8,10-11,15-16H,4,9H2,1-3H3. The first-order chi connectivity index (χ1) is 9.26. The van der Waals surface area contributed by atoms with Crippen molar-refractivity contribution in [1.82, 2.24) is 15.1 Å². The van der Waals surface area contributed by atoms with Gasteiger partial charge in [0, 0.05) is 24.4 Å². The third-order valence-corrected chi connectivity index (χ3v) is 3.04. The Bertz CT molecular complexity index is 522. The minimum absolute atomic E-state index is 0.0988. The van der Waals surface area contributed by atoms with Gasteiger partial charge in [0.2, 0.25) is 0 Å². The zero-order valence-corrected chi connectivity index (χ0v) is 11.8. The SMILES string of the molecule is CCCOc1ccccc1C(NC)c1cnn(C)c1. The molecule has 0 saturated carbocycles. The van der Waals surface area contributed by atoms with Crippen molar-refractivity contribution in [3.05, 3.63) is 47.8 Å². The second-order valence-electron chi connectivity index (χ2n) is 4.56. The molecule has 0 radical (unpaired) electrons. The van der Waals surface area contributed by atoms with Crippen molar-refractivity contribution < 1.29 is 4.74 Å². The maximum absolute atomic E-state index is 5.83. The first-order valence-electron chi connectivity index (χ1n) is 6.63. The summed E-state index contributed by atoms with van der Waals surface area (Å²) in [5.74, 6) is 0.938. The molecule has 1 atom stereocenters. The van der Waals surface area contributed by atoms with Gasteiger partial charge in [-0.05, 0) is 19.5 Å². The van der Waals surface area contributed by atoms with E-state index >= 15 is 0 Å². The lowest BCUT2D eigenvalue weighted by molar-refractivity contribution is 0.312. The van der Waals surface area contributed by atoms with Crippen LogP contribution in [0.15, 0.2) is 36.7 Å². The molecule has 0 aliphatic rings. The van der Waals surface area contributed by atoms with Crippen LogP contribution in [0.5, 0.6) is 5.75 Å². The Balaban J connectivity index is 2.32. The van der Waals surface area contributed by atoms with Gasteiger partial charge in [0.05, 0.1) is 18.8 Å². The summed E-state index contributed by atoms with van der Waals surface area (Å²) in [6.07, 6.45) is 4.92. The maximum Gasteiger partial charge on any atom is 0.124 e. The fraction of sp³-hybridized carbons (Fsp3) is 0.400. The zero-order chi connectivity index (χ0) is 13.7.